The standard InChI is InChI=1S/C15H14ClIO/c1-10-3-4-12(9-14(10)16)15(2,18)11-5-7-13(17)8-6-11/h3-9,18H,1-2H3. The zero-order valence-corrected chi connectivity index (χ0v) is 13.2. The third-order valence-corrected chi connectivity index (χ3v) is 4.27. The first-order valence-corrected chi connectivity index (χ1v) is 7.12. The zero-order chi connectivity index (χ0) is 13.3. The van der Waals surface area contributed by atoms with Crippen molar-refractivity contribution in [3.63, 3.8) is 0 Å². The topological polar surface area (TPSA) is 20.2 Å². The summed E-state index contributed by atoms with van der Waals surface area (Å²) in [5.74, 6) is 0. The van der Waals surface area contributed by atoms with Gasteiger partial charge in [0.2, 0.25) is 0 Å². The Hall–Kier alpha value is -0.580. The van der Waals surface area contributed by atoms with Crippen molar-refractivity contribution in [2.75, 3.05) is 0 Å². The van der Waals surface area contributed by atoms with E-state index < -0.39 is 5.60 Å². The van der Waals surface area contributed by atoms with Gasteiger partial charge in [-0.05, 0) is 71.3 Å². The number of rotatable bonds is 2. The van der Waals surface area contributed by atoms with Crippen LogP contribution in [0.25, 0.3) is 0 Å². The van der Waals surface area contributed by atoms with Gasteiger partial charge < -0.3 is 5.11 Å². The Bertz CT molecular complexity index is 561. The monoisotopic (exact) mass is 372 g/mol. The van der Waals surface area contributed by atoms with Crippen molar-refractivity contribution in [3.8, 4) is 0 Å². The summed E-state index contributed by atoms with van der Waals surface area (Å²) in [6, 6.07) is 13.5. The molecule has 0 aliphatic carbocycles. The van der Waals surface area contributed by atoms with Crippen molar-refractivity contribution in [3.05, 3.63) is 67.7 Å². The molecule has 0 saturated heterocycles. The fourth-order valence-electron chi connectivity index (χ4n) is 1.84. The molecule has 1 N–H and O–H groups in total. The first-order valence-electron chi connectivity index (χ1n) is 5.66. The molecule has 0 aromatic heterocycles. The summed E-state index contributed by atoms with van der Waals surface area (Å²) in [6.07, 6.45) is 0. The van der Waals surface area contributed by atoms with Gasteiger partial charge >= 0.3 is 0 Å². The van der Waals surface area contributed by atoms with Crippen molar-refractivity contribution < 1.29 is 5.11 Å². The number of hydrogen-bond acceptors (Lipinski definition) is 1. The Morgan fingerprint density at radius 1 is 1.06 bits per heavy atom. The second-order valence-electron chi connectivity index (χ2n) is 4.54. The average molecular weight is 373 g/mol. The lowest BCUT2D eigenvalue weighted by molar-refractivity contribution is 0.102. The van der Waals surface area contributed by atoms with Crippen molar-refractivity contribution in [1.82, 2.24) is 0 Å². The molecular formula is C15H14ClIO. The molecule has 0 aliphatic heterocycles. The van der Waals surface area contributed by atoms with Crippen LogP contribution in [-0.2, 0) is 5.60 Å². The van der Waals surface area contributed by atoms with Crippen LogP contribution < -0.4 is 0 Å². The smallest absolute Gasteiger partial charge is 0.112 e. The van der Waals surface area contributed by atoms with Crippen LogP contribution in [-0.4, -0.2) is 5.11 Å². The molecule has 0 heterocycles. The van der Waals surface area contributed by atoms with Crippen LogP contribution in [0.15, 0.2) is 42.5 Å². The predicted octanol–water partition coefficient (Wildman–Crippen LogP) is 4.51. The van der Waals surface area contributed by atoms with Gasteiger partial charge in [-0.1, -0.05) is 35.9 Å². The second kappa shape index (κ2) is 5.19. The quantitative estimate of drug-likeness (QED) is 0.769. The second-order valence-corrected chi connectivity index (χ2v) is 6.20. The summed E-state index contributed by atoms with van der Waals surface area (Å²) in [4.78, 5) is 0. The molecule has 0 radical (unpaired) electrons. The molecule has 2 aromatic rings. The number of benzene rings is 2. The van der Waals surface area contributed by atoms with E-state index in [1.54, 1.807) is 6.92 Å². The Morgan fingerprint density at radius 3 is 2.17 bits per heavy atom. The molecule has 94 valence electrons. The van der Waals surface area contributed by atoms with Gasteiger partial charge in [0.05, 0.1) is 0 Å². The summed E-state index contributed by atoms with van der Waals surface area (Å²) in [7, 11) is 0. The number of hydrogen-bond donors (Lipinski definition) is 1. The number of aryl methyl sites for hydroxylation is 1. The SMILES string of the molecule is Cc1ccc(C(C)(O)c2ccc(I)cc2)cc1Cl. The lowest BCUT2D eigenvalue weighted by Gasteiger charge is -2.25. The first kappa shape index (κ1) is 13.8. The molecule has 1 unspecified atom stereocenters. The minimum absolute atomic E-state index is 0.679. The van der Waals surface area contributed by atoms with Crippen LogP contribution in [0.2, 0.25) is 5.02 Å². The summed E-state index contributed by atoms with van der Waals surface area (Å²) in [5, 5.41) is 11.4. The van der Waals surface area contributed by atoms with E-state index >= 15 is 0 Å². The molecule has 2 rings (SSSR count). The fraction of sp³-hybridized carbons (Fsp3) is 0.200. The van der Waals surface area contributed by atoms with E-state index in [9.17, 15) is 5.11 Å². The maximum Gasteiger partial charge on any atom is 0.112 e. The largest absolute Gasteiger partial charge is 0.381 e. The van der Waals surface area contributed by atoms with E-state index in [0.29, 0.717) is 5.02 Å². The van der Waals surface area contributed by atoms with E-state index in [0.717, 1.165) is 20.3 Å². The minimum Gasteiger partial charge on any atom is -0.381 e. The Labute approximate surface area is 126 Å². The van der Waals surface area contributed by atoms with Gasteiger partial charge in [-0.3, -0.25) is 0 Å². The fourth-order valence-corrected chi connectivity index (χ4v) is 2.38. The van der Waals surface area contributed by atoms with Gasteiger partial charge in [0.1, 0.15) is 5.60 Å². The van der Waals surface area contributed by atoms with Crippen LogP contribution in [0, 0.1) is 10.5 Å². The van der Waals surface area contributed by atoms with Crippen LogP contribution in [0.4, 0.5) is 0 Å². The third-order valence-electron chi connectivity index (χ3n) is 3.14. The molecule has 0 amide bonds. The predicted molar refractivity (Wildman–Crippen MR) is 84.0 cm³/mol. The van der Waals surface area contributed by atoms with Gasteiger partial charge in [-0.25, -0.2) is 0 Å². The molecule has 3 heteroatoms. The average Bonchev–Trinajstić information content (AvgIpc) is 2.33. The van der Waals surface area contributed by atoms with Gasteiger partial charge in [-0.2, -0.15) is 0 Å². The van der Waals surface area contributed by atoms with Gasteiger partial charge in [0.25, 0.3) is 0 Å². The third kappa shape index (κ3) is 2.71. The Morgan fingerprint density at radius 2 is 1.61 bits per heavy atom. The molecule has 0 bridgehead atoms. The van der Waals surface area contributed by atoms with Gasteiger partial charge in [0.15, 0.2) is 0 Å². The molecule has 0 fully saturated rings. The van der Waals surface area contributed by atoms with Crippen molar-refractivity contribution in [1.29, 1.82) is 0 Å². The Kier molecular flexibility index (Phi) is 3.99. The first-order chi connectivity index (χ1) is 8.41. The lowest BCUT2D eigenvalue weighted by atomic mass is 9.88. The van der Waals surface area contributed by atoms with Crippen molar-refractivity contribution in [2.24, 2.45) is 0 Å². The highest BCUT2D eigenvalue weighted by Gasteiger charge is 2.25. The normalized spacial score (nSPS) is 14.3. The highest BCUT2D eigenvalue weighted by atomic mass is 127. The zero-order valence-electron chi connectivity index (χ0n) is 10.2. The van der Waals surface area contributed by atoms with Crippen LogP contribution in [0.3, 0.4) is 0 Å². The van der Waals surface area contributed by atoms with E-state index in [4.69, 9.17) is 11.6 Å². The minimum atomic E-state index is -1.03. The van der Waals surface area contributed by atoms with Crippen LogP contribution in [0.1, 0.15) is 23.6 Å². The lowest BCUT2D eigenvalue weighted by Crippen LogP contribution is -2.22. The molecule has 1 atom stereocenters. The highest BCUT2D eigenvalue weighted by molar-refractivity contribution is 14.1. The number of halogens is 2. The van der Waals surface area contributed by atoms with E-state index in [1.807, 2.05) is 49.4 Å². The summed E-state index contributed by atoms with van der Waals surface area (Å²) >= 11 is 8.37. The summed E-state index contributed by atoms with van der Waals surface area (Å²) < 4.78 is 1.15. The maximum absolute atomic E-state index is 10.7. The van der Waals surface area contributed by atoms with E-state index in [-0.39, 0.29) is 0 Å². The van der Waals surface area contributed by atoms with Crippen molar-refractivity contribution in [2.45, 2.75) is 19.4 Å². The summed E-state index contributed by atoms with van der Waals surface area (Å²) in [6.45, 7) is 3.74. The molecule has 18 heavy (non-hydrogen) atoms. The van der Waals surface area contributed by atoms with Crippen molar-refractivity contribution >= 4 is 34.2 Å². The van der Waals surface area contributed by atoms with E-state index in [2.05, 4.69) is 22.6 Å². The molecule has 0 spiro atoms. The van der Waals surface area contributed by atoms with Crippen LogP contribution >= 0.6 is 34.2 Å². The molecule has 2 aromatic carbocycles. The maximum atomic E-state index is 10.7. The van der Waals surface area contributed by atoms with Gasteiger partial charge in [0, 0.05) is 8.59 Å². The molecule has 1 nitrogen and oxygen atoms in total. The Balaban J connectivity index is 2.46. The number of aliphatic hydroxyl groups is 1. The molecular weight excluding hydrogens is 359 g/mol. The molecule has 0 aliphatic rings. The van der Waals surface area contributed by atoms with Crippen LogP contribution in [0.5, 0.6) is 0 Å². The van der Waals surface area contributed by atoms with Gasteiger partial charge in [-0.15, -0.1) is 0 Å². The molecule has 0 saturated carbocycles. The summed E-state index contributed by atoms with van der Waals surface area (Å²) in [5.41, 5.74) is 1.66. The highest BCUT2D eigenvalue weighted by Crippen LogP contribution is 2.31. The van der Waals surface area contributed by atoms with E-state index in [1.165, 1.54) is 0 Å².